The summed E-state index contributed by atoms with van der Waals surface area (Å²) in [7, 11) is 0. The highest BCUT2D eigenvalue weighted by Crippen LogP contribution is 2.26. The third-order valence-electron chi connectivity index (χ3n) is 6.98. The molecule has 0 spiro atoms. The van der Waals surface area contributed by atoms with Crippen LogP contribution in [0.4, 0.5) is 4.79 Å². The molecule has 9 heteroatoms. The summed E-state index contributed by atoms with van der Waals surface area (Å²) in [4.78, 5) is 46.8. The minimum Gasteiger partial charge on any atom is -0.481 e. The summed E-state index contributed by atoms with van der Waals surface area (Å²) in [6.07, 6.45) is 14.6. The van der Waals surface area contributed by atoms with Gasteiger partial charge in [0.05, 0.1) is 0 Å². The van der Waals surface area contributed by atoms with Crippen LogP contribution in [0.5, 0.6) is 0 Å². The second-order valence-corrected chi connectivity index (χ2v) is 10.4. The van der Waals surface area contributed by atoms with Gasteiger partial charge in [0, 0.05) is 30.8 Å². The van der Waals surface area contributed by atoms with Crippen molar-refractivity contribution in [1.29, 1.82) is 0 Å². The van der Waals surface area contributed by atoms with E-state index in [0.717, 1.165) is 38.5 Å². The average Bonchev–Trinajstić information content (AvgIpc) is 2.83. The molecule has 0 fully saturated rings. The van der Waals surface area contributed by atoms with Crippen molar-refractivity contribution in [2.45, 2.75) is 154 Å². The van der Waals surface area contributed by atoms with E-state index in [0.29, 0.717) is 0 Å². The highest BCUT2D eigenvalue weighted by atomic mass is 16.4. The number of nitrogens with one attached hydrogen (secondary N) is 2. The number of aliphatic carboxylic acids is 3. The van der Waals surface area contributed by atoms with Gasteiger partial charge in [0.25, 0.3) is 0 Å². The number of unbranched alkanes of at least 4 members (excludes halogenated alkanes) is 10. The van der Waals surface area contributed by atoms with Crippen molar-refractivity contribution >= 4 is 23.9 Å². The Kier molecular flexibility index (Phi) is 20.4. The van der Waals surface area contributed by atoms with Crippen molar-refractivity contribution in [2.24, 2.45) is 0 Å². The summed E-state index contributed by atoms with van der Waals surface area (Å²) in [6, 6.07) is -0.517. The van der Waals surface area contributed by atoms with Crippen LogP contribution in [-0.2, 0) is 14.4 Å². The lowest BCUT2D eigenvalue weighted by molar-refractivity contribution is -0.137. The number of hydrogen-bond donors (Lipinski definition) is 5. The first-order valence-electron chi connectivity index (χ1n) is 14.4. The fraction of sp³-hybridized carbons (Fsp3) is 0.857. The molecule has 216 valence electrons. The van der Waals surface area contributed by atoms with Gasteiger partial charge in [0.2, 0.25) is 0 Å². The first-order chi connectivity index (χ1) is 17.6. The van der Waals surface area contributed by atoms with E-state index in [1.807, 2.05) is 0 Å². The van der Waals surface area contributed by atoms with Crippen LogP contribution in [0.25, 0.3) is 0 Å². The van der Waals surface area contributed by atoms with Crippen LogP contribution in [0.15, 0.2) is 0 Å². The maximum absolute atomic E-state index is 13.1. The monoisotopic (exact) mass is 528 g/mol. The van der Waals surface area contributed by atoms with Crippen LogP contribution in [0.2, 0.25) is 0 Å². The number of carbonyl (C=O) groups excluding carboxylic acids is 1. The summed E-state index contributed by atoms with van der Waals surface area (Å²) in [5, 5.41) is 33.5. The molecular formula is C28H52N2O7. The normalized spacial score (nSPS) is 11.4. The average molecular weight is 529 g/mol. The maximum Gasteiger partial charge on any atom is 0.315 e. The van der Waals surface area contributed by atoms with Crippen molar-refractivity contribution in [2.75, 3.05) is 0 Å². The van der Waals surface area contributed by atoms with Crippen LogP contribution in [0.3, 0.4) is 0 Å². The van der Waals surface area contributed by atoms with Crippen LogP contribution in [-0.4, -0.2) is 50.8 Å². The Bertz CT molecular complexity index is 593. The Hall–Kier alpha value is -2.32. The van der Waals surface area contributed by atoms with Gasteiger partial charge in [0.1, 0.15) is 0 Å². The summed E-state index contributed by atoms with van der Waals surface area (Å²) in [6.45, 7) is 4.37. The number of carboxylic acid groups (broad SMARTS) is 3. The van der Waals surface area contributed by atoms with E-state index in [2.05, 4.69) is 24.5 Å². The van der Waals surface area contributed by atoms with Crippen LogP contribution in [0, 0.1) is 0 Å². The number of carboxylic acids is 3. The molecule has 0 aromatic rings. The second kappa shape index (κ2) is 21.7. The number of carbonyl (C=O) groups is 4. The van der Waals surface area contributed by atoms with Crippen molar-refractivity contribution < 1.29 is 34.5 Å². The van der Waals surface area contributed by atoms with Crippen LogP contribution in [0.1, 0.15) is 142 Å². The van der Waals surface area contributed by atoms with Gasteiger partial charge in [-0.2, -0.15) is 0 Å². The molecule has 0 heterocycles. The first-order valence-corrected chi connectivity index (χ1v) is 14.4. The molecular weight excluding hydrogens is 476 g/mol. The lowest BCUT2D eigenvalue weighted by Gasteiger charge is -2.35. The number of hydrogen-bond acceptors (Lipinski definition) is 4. The van der Waals surface area contributed by atoms with Crippen molar-refractivity contribution in [3.05, 3.63) is 0 Å². The zero-order valence-corrected chi connectivity index (χ0v) is 23.2. The fourth-order valence-electron chi connectivity index (χ4n) is 4.69. The Morgan fingerprint density at radius 2 is 0.946 bits per heavy atom. The van der Waals surface area contributed by atoms with E-state index in [-0.39, 0.29) is 44.6 Å². The third kappa shape index (κ3) is 20.4. The summed E-state index contributed by atoms with van der Waals surface area (Å²) >= 11 is 0. The largest absolute Gasteiger partial charge is 0.481 e. The zero-order valence-electron chi connectivity index (χ0n) is 23.2. The highest BCUT2D eigenvalue weighted by molar-refractivity contribution is 5.76. The molecule has 0 saturated heterocycles. The minimum atomic E-state index is -1.22. The molecule has 0 rings (SSSR count). The second-order valence-electron chi connectivity index (χ2n) is 10.4. The molecule has 0 aliphatic heterocycles. The number of urea groups is 1. The Labute approximate surface area is 223 Å². The van der Waals surface area contributed by atoms with E-state index in [9.17, 15) is 34.5 Å². The van der Waals surface area contributed by atoms with Gasteiger partial charge in [-0.3, -0.25) is 14.4 Å². The molecule has 0 saturated carbocycles. The molecule has 5 N–H and O–H groups in total. The van der Waals surface area contributed by atoms with Gasteiger partial charge in [0.15, 0.2) is 0 Å². The number of rotatable bonds is 25. The van der Waals surface area contributed by atoms with Gasteiger partial charge in [-0.15, -0.1) is 0 Å². The molecule has 0 bridgehead atoms. The zero-order chi connectivity index (χ0) is 27.9. The predicted molar refractivity (Wildman–Crippen MR) is 145 cm³/mol. The molecule has 0 radical (unpaired) electrons. The minimum absolute atomic E-state index is 0.0319. The van der Waals surface area contributed by atoms with Crippen molar-refractivity contribution in [3.8, 4) is 0 Å². The first kappa shape index (κ1) is 34.7. The topological polar surface area (TPSA) is 153 Å². The van der Waals surface area contributed by atoms with E-state index in [4.69, 9.17) is 0 Å². The van der Waals surface area contributed by atoms with E-state index in [1.165, 1.54) is 51.4 Å². The molecule has 37 heavy (non-hydrogen) atoms. The van der Waals surface area contributed by atoms with Crippen molar-refractivity contribution in [3.63, 3.8) is 0 Å². The van der Waals surface area contributed by atoms with Crippen LogP contribution < -0.4 is 10.6 Å². The van der Waals surface area contributed by atoms with Gasteiger partial charge < -0.3 is 26.0 Å². The molecule has 2 amide bonds. The smallest absolute Gasteiger partial charge is 0.315 e. The Balaban J connectivity index is 5.26. The quantitative estimate of drug-likeness (QED) is 0.0849. The van der Waals surface area contributed by atoms with E-state index >= 15 is 0 Å². The highest BCUT2D eigenvalue weighted by Gasteiger charge is 2.34. The number of amides is 2. The molecule has 0 atom stereocenters. The standard InChI is InChI=1S/C28H52N2O7/c1-3-5-7-9-11-13-15-23(16-14-12-10-8-6-4-2)29-27(37)30-28(20-17-24(31)32,21-18-25(33)34)22-19-26(35)36/h23H,3-22H2,1-2H3,(H,31,32)(H,33,34)(H,35,36)(H2,29,30,37). The summed E-state index contributed by atoms with van der Waals surface area (Å²) in [5.41, 5.74) is -1.22. The lowest BCUT2D eigenvalue weighted by Crippen LogP contribution is -2.54. The summed E-state index contributed by atoms with van der Waals surface area (Å²) in [5.74, 6) is -3.25. The molecule has 0 aliphatic carbocycles. The van der Waals surface area contributed by atoms with E-state index in [1.54, 1.807) is 0 Å². The third-order valence-corrected chi connectivity index (χ3v) is 6.98. The van der Waals surface area contributed by atoms with Gasteiger partial charge in [-0.05, 0) is 32.1 Å². The molecule has 0 aromatic heterocycles. The fourth-order valence-corrected chi connectivity index (χ4v) is 4.69. The Morgan fingerprint density at radius 1 is 0.595 bits per heavy atom. The Morgan fingerprint density at radius 3 is 1.30 bits per heavy atom. The SMILES string of the molecule is CCCCCCCCC(CCCCCCCC)NC(=O)NC(CCC(=O)O)(CCC(=O)O)CCC(=O)O. The van der Waals surface area contributed by atoms with Crippen molar-refractivity contribution in [1.82, 2.24) is 10.6 Å². The summed E-state index contributed by atoms with van der Waals surface area (Å²) < 4.78 is 0. The maximum atomic E-state index is 13.1. The molecule has 9 nitrogen and oxygen atoms in total. The molecule has 0 unspecified atom stereocenters. The predicted octanol–water partition coefficient (Wildman–Crippen LogP) is 6.49. The molecule has 0 aliphatic rings. The molecule has 0 aromatic carbocycles. The van der Waals surface area contributed by atoms with Gasteiger partial charge in [-0.1, -0.05) is 90.9 Å². The van der Waals surface area contributed by atoms with Gasteiger partial charge >= 0.3 is 23.9 Å². The van der Waals surface area contributed by atoms with E-state index < -0.39 is 29.5 Å². The van der Waals surface area contributed by atoms with Gasteiger partial charge in [-0.25, -0.2) is 4.79 Å². The van der Waals surface area contributed by atoms with Crippen LogP contribution >= 0.6 is 0 Å². The lowest BCUT2D eigenvalue weighted by atomic mass is 9.83.